The highest BCUT2D eigenvalue weighted by molar-refractivity contribution is 5.81. The van der Waals surface area contributed by atoms with Crippen molar-refractivity contribution < 1.29 is 19.0 Å². The third kappa shape index (κ3) is 2.57. The third-order valence-corrected chi connectivity index (χ3v) is 4.02. The molecule has 0 amide bonds. The van der Waals surface area contributed by atoms with Crippen LogP contribution in [-0.4, -0.2) is 23.3 Å². The molecule has 0 aromatic heterocycles. The van der Waals surface area contributed by atoms with Gasteiger partial charge in [0.05, 0.1) is 6.61 Å². The van der Waals surface area contributed by atoms with Crippen LogP contribution in [0.25, 0.3) is 0 Å². The minimum atomic E-state index is -1.51. The number of fused-ring (bicyclic) bond motifs is 1. The molecule has 0 radical (unpaired) electrons. The SMILES string of the molecule is CCCC(O)(C(=O)OCC)C1CCc2cc(F)ccc21. The van der Waals surface area contributed by atoms with Crippen LogP contribution in [-0.2, 0) is 16.0 Å². The van der Waals surface area contributed by atoms with Crippen molar-refractivity contribution in [3.05, 3.63) is 35.1 Å². The van der Waals surface area contributed by atoms with Crippen molar-refractivity contribution in [1.29, 1.82) is 0 Å². The summed E-state index contributed by atoms with van der Waals surface area (Å²) in [4.78, 5) is 12.2. The van der Waals surface area contributed by atoms with Gasteiger partial charge in [-0.25, -0.2) is 9.18 Å². The number of aryl methyl sites for hydroxylation is 1. The highest BCUT2D eigenvalue weighted by atomic mass is 19.1. The molecule has 1 aromatic rings. The molecule has 0 bridgehead atoms. The summed E-state index contributed by atoms with van der Waals surface area (Å²) in [5.74, 6) is -1.15. The molecular weight excluding hydrogens is 259 g/mol. The molecule has 1 aliphatic rings. The minimum absolute atomic E-state index is 0.244. The summed E-state index contributed by atoms with van der Waals surface area (Å²) in [6, 6.07) is 4.56. The van der Waals surface area contributed by atoms with Crippen LogP contribution in [0.15, 0.2) is 18.2 Å². The fourth-order valence-electron chi connectivity index (χ4n) is 3.14. The first-order valence-electron chi connectivity index (χ1n) is 7.20. The van der Waals surface area contributed by atoms with Crippen molar-refractivity contribution in [2.75, 3.05) is 6.61 Å². The summed E-state index contributed by atoms with van der Waals surface area (Å²) >= 11 is 0. The van der Waals surface area contributed by atoms with Crippen LogP contribution >= 0.6 is 0 Å². The van der Waals surface area contributed by atoms with E-state index < -0.39 is 11.6 Å². The van der Waals surface area contributed by atoms with E-state index in [-0.39, 0.29) is 18.3 Å². The first kappa shape index (κ1) is 15.0. The van der Waals surface area contributed by atoms with Gasteiger partial charge in [-0.2, -0.15) is 0 Å². The van der Waals surface area contributed by atoms with Gasteiger partial charge in [-0.15, -0.1) is 0 Å². The molecular formula is C16H21FO3. The first-order valence-corrected chi connectivity index (χ1v) is 7.20. The Labute approximate surface area is 118 Å². The summed E-state index contributed by atoms with van der Waals surface area (Å²) in [6.45, 7) is 3.89. The Bertz CT molecular complexity index is 500. The first-order chi connectivity index (χ1) is 9.52. The van der Waals surface area contributed by atoms with Gasteiger partial charge in [0.15, 0.2) is 5.60 Å². The highest BCUT2D eigenvalue weighted by Crippen LogP contribution is 2.43. The van der Waals surface area contributed by atoms with Crippen molar-refractivity contribution in [2.24, 2.45) is 0 Å². The van der Waals surface area contributed by atoms with Gasteiger partial charge in [-0.1, -0.05) is 19.4 Å². The standard InChI is InChI=1S/C16H21FO3/c1-3-9-16(19,15(18)20-4-2)14-8-5-11-10-12(17)6-7-13(11)14/h6-7,10,14,19H,3-5,8-9H2,1-2H3. The van der Waals surface area contributed by atoms with Gasteiger partial charge in [0.25, 0.3) is 0 Å². The van der Waals surface area contributed by atoms with Crippen molar-refractivity contribution in [3.63, 3.8) is 0 Å². The fraction of sp³-hybridized carbons (Fsp3) is 0.562. The molecule has 110 valence electrons. The lowest BCUT2D eigenvalue weighted by atomic mass is 9.80. The van der Waals surface area contributed by atoms with Crippen molar-refractivity contribution in [3.8, 4) is 0 Å². The second-order valence-corrected chi connectivity index (χ2v) is 5.33. The number of ether oxygens (including phenoxy) is 1. The summed E-state index contributed by atoms with van der Waals surface area (Å²) < 4.78 is 18.3. The molecule has 0 heterocycles. The largest absolute Gasteiger partial charge is 0.464 e. The maximum atomic E-state index is 13.3. The Morgan fingerprint density at radius 3 is 2.90 bits per heavy atom. The zero-order valence-electron chi connectivity index (χ0n) is 12.0. The number of halogens is 1. The zero-order valence-corrected chi connectivity index (χ0v) is 12.0. The second kappa shape index (κ2) is 5.92. The topological polar surface area (TPSA) is 46.5 Å². The molecule has 2 rings (SSSR count). The maximum absolute atomic E-state index is 13.3. The van der Waals surface area contributed by atoms with Gasteiger partial charge in [0.1, 0.15) is 5.82 Å². The summed E-state index contributed by atoms with van der Waals surface area (Å²) in [5, 5.41) is 10.9. The molecule has 1 N–H and O–H groups in total. The van der Waals surface area contributed by atoms with Crippen LogP contribution in [0.1, 0.15) is 50.2 Å². The van der Waals surface area contributed by atoms with Crippen molar-refractivity contribution >= 4 is 5.97 Å². The molecule has 4 heteroatoms. The molecule has 1 aliphatic carbocycles. The van der Waals surface area contributed by atoms with Crippen molar-refractivity contribution in [2.45, 2.75) is 51.0 Å². The van der Waals surface area contributed by atoms with E-state index >= 15 is 0 Å². The van der Waals surface area contributed by atoms with Crippen LogP contribution in [0.5, 0.6) is 0 Å². The number of benzene rings is 1. The molecule has 0 spiro atoms. The summed E-state index contributed by atoms with van der Waals surface area (Å²) in [5.41, 5.74) is 0.248. The van der Waals surface area contributed by atoms with Gasteiger partial charge in [0.2, 0.25) is 0 Å². The Hall–Kier alpha value is -1.42. The zero-order chi connectivity index (χ0) is 14.8. The highest BCUT2D eigenvalue weighted by Gasteiger charge is 2.47. The molecule has 2 atom stereocenters. The molecule has 3 nitrogen and oxygen atoms in total. The summed E-state index contributed by atoms with van der Waals surface area (Å²) in [6.07, 6.45) is 2.37. The number of hydrogen-bond acceptors (Lipinski definition) is 3. The Balaban J connectivity index is 2.35. The Morgan fingerprint density at radius 1 is 1.50 bits per heavy atom. The van der Waals surface area contributed by atoms with E-state index in [1.807, 2.05) is 6.92 Å². The molecule has 0 saturated carbocycles. The van der Waals surface area contributed by atoms with E-state index in [2.05, 4.69) is 0 Å². The summed E-state index contributed by atoms with van der Waals surface area (Å²) in [7, 11) is 0. The Kier molecular flexibility index (Phi) is 4.43. The molecule has 0 saturated heterocycles. The lowest BCUT2D eigenvalue weighted by molar-refractivity contribution is -0.168. The van der Waals surface area contributed by atoms with E-state index in [9.17, 15) is 14.3 Å². The van der Waals surface area contributed by atoms with E-state index in [0.29, 0.717) is 25.7 Å². The predicted octanol–water partition coefficient (Wildman–Crippen LogP) is 2.95. The van der Waals surface area contributed by atoms with Crippen LogP contribution in [0, 0.1) is 5.82 Å². The molecule has 1 aromatic carbocycles. The smallest absolute Gasteiger partial charge is 0.338 e. The normalized spacial score (nSPS) is 20.3. The number of hydrogen-bond donors (Lipinski definition) is 1. The maximum Gasteiger partial charge on any atom is 0.338 e. The number of rotatable bonds is 5. The van der Waals surface area contributed by atoms with Gasteiger partial charge in [-0.05, 0) is 49.4 Å². The molecule has 0 aliphatic heterocycles. The lowest BCUT2D eigenvalue weighted by Crippen LogP contribution is -2.45. The fourth-order valence-corrected chi connectivity index (χ4v) is 3.14. The Morgan fingerprint density at radius 2 is 2.25 bits per heavy atom. The van der Waals surface area contributed by atoms with Crippen LogP contribution in [0.2, 0.25) is 0 Å². The molecule has 2 unspecified atom stereocenters. The second-order valence-electron chi connectivity index (χ2n) is 5.33. The number of carbonyl (C=O) groups is 1. The van der Waals surface area contributed by atoms with E-state index in [1.165, 1.54) is 12.1 Å². The number of esters is 1. The molecule has 20 heavy (non-hydrogen) atoms. The molecule has 0 fully saturated rings. The van der Waals surface area contributed by atoms with E-state index in [4.69, 9.17) is 4.74 Å². The predicted molar refractivity (Wildman–Crippen MR) is 74.0 cm³/mol. The minimum Gasteiger partial charge on any atom is -0.464 e. The monoisotopic (exact) mass is 280 g/mol. The van der Waals surface area contributed by atoms with Crippen LogP contribution < -0.4 is 0 Å². The van der Waals surface area contributed by atoms with E-state index in [1.54, 1.807) is 13.0 Å². The third-order valence-electron chi connectivity index (χ3n) is 4.02. The van der Waals surface area contributed by atoms with Crippen LogP contribution in [0.4, 0.5) is 4.39 Å². The van der Waals surface area contributed by atoms with Gasteiger partial charge in [0, 0.05) is 5.92 Å². The van der Waals surface area contributed by atoms with E-state index in [0.717, 1.165) is 11.1 Å². The van der Waals surface area contributed by atoms with Crippen molar-refractivity contribution in [1.82, 2.24) is 0 Å². The van der Waals surface area contributed by atoms with Gasteiger partial charge < -0.3 is 9.84 Å². The number of aliphatic hydroxyl groups is 1. The quantitative estimate of drug-likeness (QED) is 0.843. The average molecular weight is 280 g/mol. The van der Waals surface area contributed by atoms with Gasteiger partial charge >= 0.3 is 5.97 Å². The lowest BCUT2D eigenvalue weighted by Gasteiger charge is -2.32. The van der Waals surface area contributed by atoms with Gasteiger partial charge in [-0.3, -0.25) is 0 Å². The average Bonchev–Trinajstić information content (AvgIpc) is 2.82. The van der Waals surface area contributed by atoms with Crippen LogP contribution in [0.3, 0.4) is 0 Å². The number of carbonyl (C=O) groups excluding carboxylic acids is 1.